The zero-order valence-corrected chi connectivity index (χ0v) is 9.65. The average Bonchev–Trinajstić information content (AvgIpc) is 2.14. The normalized spacial score (nSPS) is 11.2. The Hall–Kier alpha value is -1.55. The second-order valence-electron chi connectivity index (χ2n) is 4.47. The number of aliphatic hydroxyl groups is 1. The molecule has 0 unspecified atom stereocenters. The van der Waals surface area contributed by atoms with Crippen LogP contribution in [0.4, 0.5) is 0 Å². The maximum atomic E-state index is 11.8. The third-order valence-corrected chi connectivity index (χ3v) is 1.90. The molecule has 0 atom stereocenters. The van der Waals surface area contributed by atoms with Crippen LogP contribution in [0.3, 0.4) is 0 Å². The van der Waals surface area contributed by atoms with E-state index >= 15 is 0 Å². The van der Waals surface area contributed by atoms with Crippen LogP contribution in [-0.2, 0) is 11.3 Å². The van der Waals surface area contributed by atoms with Gasteiger partial charge in [0.1, 0.15) is 16.9 Å². The number of benzene rings is 1. The van der Waals surface area contributed by atoms with E-state index in [0.717, 1.165) is 0 Å². The van der Waals surface area contributed by atoms with E-state index in [1.807, 2.05) is 0 Å². The number of rotatable bonds is 2. The number of hydrogen-bond acceptors (Lipinski definition) is 4. The molecule has 1 rings (SSSR count). The molecule has 0 aliphatic heterocycles. The molecule has 16 heavy (non-hydrogen) atoms. The number of carbonyl (C=O) groups excluding carboxylic acids is 1. The largest absolute Gasteiger partial charge is 0.507 e. The van der Waals surface area contributed by atoms with E-state index in [1.165, 1.54) is 6.07 Å². The lowest BCUT2D eigenvalue weighted by atomic mass is 10.1. The van der Waals surface area contributed by atoms with Crippen molar-refractivity contribution in [1.29, 1.82) is 0 Å². The van der Waals surface area contributed by atoms with Crippen molar-refractivity contribution in [2.24, 2.45) is 0 Å². The van der Waals surface area contributed by atoms with Crippen molar-refractivity contribution in [3.63, 3.8) is 0 Å². The van der Waals surface area contributed by atoms with Crippen LogP contribution in [0.2, 0.25) is 0 Å². The van der Waals surface area contributed by atoms with E-state index in [0.29, 0.717) is 5.56 Å². The zero-order valence-electron chi connectivity index (χ0n) is 9.65. The second kappa shape index (κ2) is 4.53. The highest BCUT2D eigenvalue weighted by molar-refractivity contribution is 5.94. The van der Waals surface area contributed by atoms with Gasteiger partial charge in [0, 0.05) is 0 Å². The van der Waals surface area contributed by atoms with Crippen LogP contribution in [-0.4, -0.2) is 21.8 Å². The monoisotopic (exact) mass is 224 g/mol. The quantitative estimate of drug-likeness (QED) is 0.752. The summed E-state index contributed by atoms with van der Waals surface area (Å²) in [6.45, 7) is 4.90. The summed E-state index contributed by atoms with van der Waals surface area (Å²) in [5.41, 5.74) is -0.249. The Morgan fingerprint density at radius 3 is 2.50 bits per heavy atom. The third-order valence-electron chi connectivity index (χ3n) is 1.90. The predicted molar refractivity (Wildman–Crippen MR) is 59.2 cm³/mol. The van der Waals surface area contributed by atoms with Gasteiger partial charge < -0.3 is 14.9 Å². The summed E-state index contributed by atoms with van der Waals surface area (Å²) < 4.78 is 5.14. The number of aromatic hydroxyl groups is 1. The number of esters is 1. The number of aliphatic hydroxyl groups excluding tert-OH is 1. The van der Waals surface area contributed by atoms with Crippen molar-refractivity contribution in [3.05, 3.63) is 29.3 Å². The van der Waals surface area contributed by atoms with Gasteiger partial charge in [0.05, 0.1) is 6.61 Å². The van der Waals surface area contributed by atoms with Crippen LogP contribution in [0.5, 0.6) is 5.75 Å². The van der Waals surface area contributed by atoms with Crippen molar-refractivity contribution < 1.29 is 19.7 Å². The Balaban J connectivity index is 3.08. The lowest BCUT2D eigenvalue weighted by molar-refractivity contribution is 0.00637. The molecule has 0 amide bonds. The lowest BCUT2D eigenvalue weighted by Crippen LogP contribution is -2.24. The molecule has 1 aromatic rings. The van der Waals surface area contributed by atoms with E-state index in [-0.39, 0.29) is 17.9 Å². The van der Waals surface area contributed by atoms with E-state index < -0.39 is 11.6 Å². The summed E-state index contributed by atoms with van der Waals surface area (Å²) in [4.78, 5) is 11.8. The Kier molecular flexibility index (Phi) is 3.55. The SMILES string of the molecule is CC(C)(C)OC(=O)c1c(O)cccc1CO. The van der Waals surface area contributed by atoms with Gasteiger partial charge in [-0.25, -0.2) is 4.79 Å². The third kappa shape index (κ3) is 2.97. The van der Waals surface area contributed by atoms with Crippen molar-refractivity contribution in [1.82, 2.24) is 0 Å². The van der Waals surface area contributed by atoms with Gasteiger partial charge in [-0.15, -0.1) is 0 Å². The van der Waals surface area contributed by atoms with Gasteiger partial charge in [0.15, 0.2) is 0 Å². The highest BCUT2D eigenvalue weighted by atomic mass is 16.6. The molecule has 88 valence electrons. The van der Waals surface area contributed by atoms with Crippen LogP contribution < -0.4 is 0 Å². The van der Waals surface area contributed by atoms with Crippen molar-refractivity contribution in [2.45, 2.75) is 33.0 Å². The van der Waals surface area contributed by atoms with Gasteiger partial charge in [0.25, 0.3) is 0 Å². The van der Waals surface area contributed by atoms with Crippen LogP contribution >= 0.6 is 0 Å². The Morgan fingerprint density at radius 2 is 2.00 bits per heavy atom. The van der Waals surface area contributed by atoms with Crippen molar-refractivity contribution >= 4 is 5.97 Å². The first-order valence-electron chi connectivity index (χ1n) is 5.00. The number of ether oxygens (including phenoxy) is 1. The first kappa shape index (κ1) is 12.5. The number of carbonyl (C=O) groups is 1. The van der Waals surface area contributed by atoms with E-state index in [9.17, 15) is 9.90 Å². The number of phenols is 1. The minimum absolute atomic E-state index is 0.0277. The molecule has 0 aliphatic rings. The van der Waals surface area contributed by atoms with Gasteiger partial charge >= 0.3 is 5.97 Å². The number of hydrogen-bond donors (Lipinski definition) is 2. The van der Waals surface area contributed by atoms with E-state index in [2.05, 4.69) is 0 Å². The molecular weight excluding hydrogens is 208 g/mol. The van der Waals surface area contributed by atoms with Gasteiger partial charge in [-0.05, 0) is 32.4 Å². The predicted octanol–water partition coefficient (Wildman–Crippen LogP) is 1.84. The molecule has 0 saturated carbocycles. The average molecular weight is 224 g/mol. The Bertz CT molecular complexity index is 390. The summed E-state index contributed by atoms with van der Waals surface area (Å²) in [5.74, 6) is -0.810. The molecule has 0 aliphatic carbocycles. The summed E-state index contributed by atoms with van der Waals surface area (Å²) in [7, 11) is 0. The molecular formula is C12H16O4. The van der Waals surface area contributed by atoms with Gasteiger partial charge in [-0.1, -0.05) is 12.1 Å². The minimum atomic E-state index is -0.633. The standard InChI is InChI=1S/C12H16O4/c1-12(2,3)16-11(15)10-8(7-13)5-4-6-9(10)14/h4-6,13-14H,7H2,1-3H3. The van der Waals surface area contributed by atoms with Crippen molar-refractivity contribution in [3.8, 4) is 5.75 Å². The second-order valence-corrected chi connectivity index (χ2v) is 4.47. The Labute approximate surface area is 94.5 Å². The summed E-state index contributed by atoms with van der Waals surface area (Å²) >= 11 is 0. The van der Waals surface area contributed by atoms with Crippen LogP contribution in [0.1, 0.15) is 36.7 Å². The highest BCUT2D eigenvalue weighted by Crippen LogP contribution is 2.24. The molecule has 0 radical (unpaired) electrons. The maximum absolute atomic E-state index is 11.8. The molecule has 0 fully saturated rings. The fraction of sp³-hybridized carbons (Fsp3) is 0.417. The molecule has 0 spiro atoms. The van der Waals surface area contributed by atoms with Gasteiger partial charge in [-0.3, -0.25) is 0 Å². The topological polar surface area (TPSA) is 66.8 Å². The molecule has 0 aromatic heterocycles. The minimum Gasteiger partial charge on any atom is -0.507 e. The number of phenolic OH excluding ortho intramolecular Hbond substituents is 1. The molecule has 4 nitrogen and oxygen atoms in total. The summed E-state index contributed by atoms with van der Waals surface area (Å²) in [6, 6.07) is 4.52. The van der Waals surface area contributed by atoms with E-state index in [1.54, 1.807) is 32.9 Å². The van der Waals surface area contributed by atoms with E-state index in [4.69, 9.17) is 9.84 Å². The molecule has 1 aromatic carbocycles. The maximum Gasteiger partial charge on any atom is 0.342 e. The molecule has 0 bridgehead atoms. The first-order chi connectivity index (χ1) is 7.35. The van der Waals surface area contributed by atoms with Crippen LogP contribution in [0.25, 0.3) is 0 Å². The molecule has 2 N–H and O–H groups in total. The molecule has 4 heteroatoms. The fourth-order valence-electron chi connectivity index (χ4n) is 1.28. The van der Waals surface area contributed by atoms with Gasteiger partial charge in [-0.2, -0.15) is 0 Å². The Morgan fingerprint density at radius 1 is 1.38 bits per heavy atom. The van der Waals surface area contributed by atoms with Crippen LogP contribution in [0, 0.1) is 0 Å². The zero-order chi connectivity index (χ0) is 12.3. The molecule has 0 heterocycles. The first-order valence-corrected chi connectivity index (χ1v) is 5.00. The summed E-state index contributed by atoms with van der Waals surface area (Å²) in [5, 5.41) is 18.6. The lowest BCUT2D eigenvalue weighted by Gasteiger charge is -2.20. The summed E-state index contributed by atoms with van der Waals surface area (Å²) in [6.07, 6.45) is 0. The fourth-order valence-corrected chi connectivity index (χ4v) is 1.28. The molecule has 0 saturated heterocycles. The highest BCUT2D eigenvalue weighted by Gasteiger charge is 2.22. The van der Waals surface area contributed by atoms with Gasteiger partial charge in [0.2, 0.25) is 0 Å². The smallest absolute Gasteiger partial charge is 0.342 e. The van der Waals surface area contributed by atoms with Crippen LogP contribution in [0.15, 0.2) is 18.2 Å². The van der Waals surface area contributed by atoms with Crippen molar-refractivity contribution in [2.75, 3.05) is 0 Å².